The highest BCUT2D eigenvalue weighted by molar-refractivity contribution is 5.37. The van der Waals surface area contributed by atoms with Gasteiger partial charge in [-0.25, -0.2) is 0 Å². The number of allylic oxidation sites excluding steroid dienone is 4. The predicted octanol–water partition coefficient (Wildman–Crippen LogP) is 3.31. The Morgan fingerprint density at radius 3 is 2.31 bits per heavy atom. The van der Waals surface area contributed by atoms with Gasteiger partial charge in [-0.2, -0.15) is 0 Å². The maximum absolute atomic E-state index is 9.34. The van der Waals surface area contributed by atoms with E-state index >= 15 is 0 Å². The molecule has 0 unspecified atom stereocenters. The molecule has 0 bridgehead atoms. The molecule has 84 valence electrons. The maximum atomic E-state index is 9.34. The first-order chi connectivity index (χ1) is 7.74. The van der Waals surface area contributed by atoms with Crippen LogP contribution in [0.1, 0.15) is 24.8 Å². The van der Waals surface area contributed by atoms with Gasteiger partial charge in [-0.3, -0.25) is 0 Å². The number of phenolic OH excluding ortho intramolecular Hbond substituents is 2. The fourth-order valence-corrected chi connectivity index (χ4v) is 1.94. The van der Waals surface area contributed by atoms with Crippen molar-refractivity contribution >= 4 is 0 Å². The van der Waals surface area contributed by atoms with E-state index in [-0.39, 0.29) is 11.5 Å². The molecule has 0 amide bonds. The molecule has 1 aliphatic carbocycles. The van der Waals surface area contributed by atoms with Gasteiger partial charge in [0.2, 0.25) is 0 Å². The van der Waals surface area contributed by atoms with E-state index in [2.05, 4.69) is 18.2 Å². The third-order valence-corrected chi connectivity index (χ3v) is 2.74. The van der Waals surface area contributed by atoms with Crippen LogP contribution in [0.3, 0.4) is 0 Å². The molecule has 0 spiro atoms. The lowest BCUT2D eigenvalue weighted by molar-refractivity contribution is 0.449. The first-order valence-corrected chi connectivity index (χ1v) is 5.61. The summed E-state index contributed by atoms with van der Waals surface area (Å²) in [6.45, 7) is 0. The van der Waals surface area contributed by atoms with Crippen LogP contribution < -0.4 is 0 Å². The van der Waals surface area contributed by atoms with Gasteiger partial charge in [0.1, 0.15) is 11.5 Å². The first-order valence-electron chi connectivity index (χ1n) is 5.61. The van der Waals surface area contributed by atoms with Crippen LogP contribution >= 0.6 is 0 Å². The minimum atomic E-state index is 0.128. The zero-order valence-corrected chi connectivity index (χ0v) is 9.19. The number of phenols is 2. The minimum Gasteiger partial charge on any atom is -0.508 e. The topological polar surface area (TPSA) is 40.5 Å². The highest BCUT2D eigenvalue weighted by atomic mass is 16.3. The van der Waals surface area contributed by atoms with E-state index in [1.54, 1.807) is 12.1 Å². The van der Waals surface area contributed by atoms with Gasteiger partial charge in [0, 0.05) is 6.07 Å². The Kier molecular flexibility index (Phi) is 3.30. The Morgan fingerprint density at radius 2 is 1.69 bits per heavy atom. The molecule has 1 aromatic rings. The normalized spacial score (nSPS) is 14.9. The van der Waals surface area contributed by atoms with Crippen LogP contribution in [0, 0.1) is 0 Å². The van der Waals surface area contributed by atoms with Gasteiger partial charge < -0.3 is 10.2 Å². The predicted molar refractivity (Wildman–Crippen MR) is 64.5 cm³/mol. The van der Waals surface area contributed by atoms with Crippen molar-refractivity contribution in [2.45, 2.75) is 25.7 Å². The summed E-state index contributed by atoms with van der Waals surface area (Å²) in [5.74, 6) is 0.256. The molecule has 2 rings (SSSR count). The molecule has 0 heterocycles. The van der Waals surface area contributed by atoms with Crippen LogP contribution in [0.2, 0.25) is 0 Å². The molecular weight excluding hydrogens is 200 g/mol. The fraction of sp³-hybridized carbons (Fsp3) is 0.286. The third-order valence-electron chi connectivity index (χ3n) is 2.74. The number of benzene rings is 1. The third kappa shape index (κ3) is 2.89. The quantitative estimate of drug-likeness (QED) is 0.813. The van der Waals surface area contributed by atoms with E-state index in [1.165, 1.54) is 11.6 Å². The van der Waals surface area contributed by atoms with Crippen molar-refractivity contribution in [3.63, 3.8) is 0 Å². The van der Waals surface area contributed by atoms with Crippen molar-refractivity contribution in [1.29, 1.82) is 0 Å². The summed E-state index contributed by atoms with van der Waals surface area (Å²) in [5.41, 5.74) is 2.31. The molecule has 0 saturated heterocycles. The Bertz CT molecular complexity index is 410. The second-order valence-corrected chi connectivity index (χ2v) is 4.12. The second kappa shape index (κ2) is 4.88. The summed E-state index contributed by atoms with van der Waals surface area (Å²) >= 11 is 0. The Balaban J connectivity index is 1.99. The number of hydrogen-bond acceptors (Lipinski definition) is 2. The van der Waals surface area contributed by atoms with Crippen molar-refractivity contribution in [1.82, 2.24) is 0 Å². The van der Waals surface area contributed by atoms with E-state index in [0.29, 0.717) is 0 Å². The van der Waals surface area contributed by atoms with Crippen LogP contribution in [0.4, 0.5) is 0 Å². The van der Waals surface area contributed by atoms with Gasteiger partial charge >= 0.3 is 0 Å². The zero-order chi connectivity index (χ0) is 11.4. The molecule has 0 saturated carbocycles. The van der Waals surface area contributed by atoms with E-state index in [9.17, 15) is 10.2 Å². The average Bonchev–Trinajstić information content (AvgIpc) is 2.27. The van der Waals surface area contributed by atoms with E-state index in [4.69, 9.17) is 0 Å². The lowest BCUT2D eigenvalue weighted by Gasteiger charge is -2.07. The fourth-order valence-electron chi connectivity index (χ4n) is 1.94. The van der Waals surface area contributed by atoms with Crippen molar-refractivity contribution in [3.05, 3.63) is 47.6 Å². The van der Waals surface area contributed by atoms with Gasteiger partial charge in [0.15, 0.2) is 0 Å². The molecular formula is C14H16O2. The van der Waals surface area contributed by atoms with Crippen molar-refractivity contribution < 1.29 is 10.2 Å². The standard InChI is InChI=1S/C14H16O2/c15-13-8-12(9-14(16)10-13)7-6-11-4-2-1-3-5-11/h2,4-5,8-10,15-16H,1,3,6-7H2. The molecule has 1 aromatic carbocycles. The van der Waals surface area contributed by atoms with Crippen molar-refractivity contribution in [3.8, 4) is 11.5 Å². The first kappa shape index (κ1) is 10.8. The Labute approximate surface area is 95.6 Å². The number of aryl methyl sites for hydroxylation is 1. The SMILES string of the molecule is Oc1cc(O)cc(CCC2=CCCC=C2)c1. The number of hydrogen-bond donors (Lipinski definition) is 2. The lowest BCUT2D eigenvalue weighted by atomic mass is 9.99. The molecule has 0 atom stereocenters. The van der Waals surface area contributed by atoms with Crippen molar-refractivity contribution in [2.24, 2.45) is 0 Å². The maximum Gasteiger partial charge on any atom is 0.119 e. The van der Waals surface area contributed by atoms with Gasteiger partial charge in [-0.05, 0) is 43.4 Å². The van der Waals surface area contributed by atoms with Crippen LogP contribution in [-0.2, 0) is 6.42 Å². The molecule has 0 aliphatic heterocycles. The van der Waals surface area contributed by atoms with E-state index in [0.717, 1.165) is 31.2 Å². The largest absolute Gasteiger partial charge is 0.508 e. The summed E-state index contributed by atoms with van der Waals surface area (Å²) < 4.78 is 0. The molecule has 1 aliphatic rings. The monoisotopic (exact) mass is 216 g/mol. The van der Waals surface area contributed by atoms with Crippen LogP contribution in [0.5, 0.6) is 11.5 Å². The molecule has 2 N–H and O–H groups in total. The van der Waals surface area contributed by atoms with Gasteiger partial charge in [-0.1, -0.05) is 23.8 Å². The van der Waals surface area contributed by atoms with Crippen LogP contribution in [0.25, 0.3) is 0 Å². The minimum absolute atomic E-state index is 0.128. The number of aromatic hydroxyl groups is 2. The van der Waals surface area contributed by atoms with Crippen LogP contribution in [0.15, 0.2) is 42.0 Å². The van der Waals surface area contributed by atoms with Gasteiger partial charge in [-0.15, -0.1) is 0 Å². The average molecular weight is 216 g/mol. The molecule has 2 heteroatoms. The van der Waals surface area contributed by atoms with E-state index < -0.39 is 0 Å². The summed E-state index contributed by atoms with van der Waals surface area (Å²) in [6.07, 6.45) is 10.7. The highest BCUT2D eigenvalue weighted by Gasteiger charge is 2.02. The lowest BCUT2D eigenvalue weighted by Crippen LogP contribution is -1.90. The number of rotatable bonds is 3. The molecule has 0 radical (unpaired) electrons. The summed E-state index contributed by atoms with van der Waals surface area (Å²) in [6, 6.07) is 4.75. The van der Waals surface area contributed by atoms with Gasteiger partial charge in [0.05, 0.1) is 0 Å². The molecule has 2 nitrogen and oxygen atoms in total. The summed E-state index contributed by atoms with van der Waals surface area (Å²) in [5, 5.41) is 18.7. The summed E-state index contributed by atoms with van der Waals surface area (Å²) in [7, 11) is 0. The Morgan fingerprint density at radius 1 is 0.938 bits per heavy atom. The molecule has 0 fully saturated rings. The summed E-state index contributed by atoms with van der Waals surface area (Å²) in [4.78, 5) is 0. The zero-order valence-electron chi connectivity index (χ0n) is 9.19. The van der Waals surface area contributed by atoms with Crippen molar-refractivity contribution in [2.75, 3.05) is 0 Å². The molecule has 0 aromatic heterocycles. The molecule has 16 heavy (non-hydrogen) atoms. The van der Waals surface area contributed by atoms with Crippen LogP contribution in [-0.4, -0.2) is 10.2 Å². The smallest absolute Gasteiger partial charge is 0.119 e. The van der Waals surface area contributed by atoms with E-state index in [1.807, 2.05) is 0 Å². The second-order valence-electron chi connectivity index (χ2n) is 4.12. The highest BCUT2D eigenvalue weighted by Crippen LogP contribution is 2.23. The van der Waals surface area contributed by atoms with Gasteiger partial charge in [0.25, 0.3) is 0 Å². The Hall–Kier alpha value is -1.70.